The number of nitrogens with one attached hydrogen (secondary N) is 1. The number of hydrogen-bond acceptors (Lipinski definition) is 4. The molecule has 1 heterocycles. The normalized spacial score (nSPS) is 11.8. The number of aromatic nitrogens is 2. The van der Waals surface area contributed by atoms with E-state index in [-0.39, 0.29) is 6.42 Å². The Hall–Kier alpha value is -3.87. The summed E-state index contributed by atoms with van der Waals surface area (Å²) in [5.74, 6) is -0.315. The van der Waals surface area contributed by atoms with E-state index < -0.39 is 11.7 Å². The Morgan fingerprint density at radius 1 is 1.14 bits per heavy atom. The van der Waals surface area contributed by atoms with Crippen molar-refractivity contribution in [2.24, 2.45) is 0 Å². The molecule has 184 valence electrons. The van der Waals surface area contributed by atoms with Gasteiger partial charge in [-0.3, -0.25) is 4.79 Å². The number of nitrogens with zero attached hydrogens (tertiary/aromatic N) is 3. The van der Waals surface area contributed by atoms with Crippen LogP contribution in [0.1, 0.15) is 42.8 Å². The van der Waals surface area contributed by atoms with Gasteiger partial charge in [0.2, 0.25) is 6.41 Å². The Morgan fingerprint density at radius 3 is 2.49 bits per heavy atom. The molecule has 0 saturated heterocycles. The number of aryl methyl sites for hydroxylation is 2. The first-order chi connectivity index (χ1) is 16.7. The highest BCUT2D eigenvalue weighted by Crippen LogP contribution is 2.33. The second-order valence-corrected chi connectivity index (χ2v) is 7.82. The van der Waals surface area contributed by atoms with Gasteiger partial charge in [-0.25, -0.2) is 18.7 Å². The average molecular weight is 479 g/mol. The molecule has 1 N–H and O–H groups in total. The Kier molecular flexibility index (Phi) is 10.3. The van der Waals surface area contributed by atoms with E-state index in [0.29, 0.717) is 29.3 Å². The molecule has 0 aliphatic rings. The lowest BCUT2D eigenvalue weighted by Crippen LogP contribution is -2.20. The fraction of sp³-hybridized carbons (Fsp3) is 0.250. The third-order valence-corrected chi connectivity index (χ3v) is 5.38. The van der Waals surface area contributed by atoms with Crippen LogP contribution < -0.4 is 5.32 Å². The van der Waals surface area contributed by atoms with Gasteiger partial charge in [0.15, 0.2) is 0 Å². The molecule has 0 fully saturated rings. The van der Waals surface area contributed by atoms with Crippen LogP contribution >= 0.6 is 0 Å². The van der Waals surface area contributed by atoms with Crippen LogP contribution in [0.2, 0.25) is 0 Å². The first-order valence-corrected chi connectivity index (χ1v) is 11.4. The summed E-state index contributed by atoms with van der Waals surface area (Å²) in [5, 5.41) is 2.63. The van der Waals surface area contributed by atoms with Gasteiger partial charge in [0.25, 0.3) is 0 Å². The van der Waals surface area contributed by atoms with Gasteiger partial charge in [-0.15, -0.1) is 0 Å². The predicted octanol–water partition coefficient (Wildman–Crippen LogP) is 6.94. The molecule has 1 aromatic heterocycles. The largest absolute Gasteiger partial charge is 0.372 e. The third-order valence-electron chi connectivity index (χ3n) is 5.38. The van der Waals surface area contributed by atoms with E-state index in [1.54, 1.807) is 19.1 Å². The van der Waals surface area contributed by atoms with Crippen molar-refractivity contribution in [2.75, 3.05) is 18.4 Å². The monoisotopic (exact) mass is 478 g/mol. The summed E-state index contributed by atoms with van der Waals surface area (Å²) < 4.78 is 26.8. The zero-order valence-electron chi connectivity index (χ0n) is 20.7. The van der Waals surface area contributed by atoms with Crippen molar-refractivity contribution in [3.05, 3.63) is 89.8 Å². The van der Waals surface area contributed by atoms with Crippen molar-refractivity contribution >= 4 is 24.0 Å². The summed E-state index contributed by atoms with van der Waals surface area (Å²) >= 11 is 0. The third kappa shape index (κ3) is 7.57. The number of rotatable bonds is 12. The molecule has 2 rings (SSSR count). The Morgan fingerprint density at radius 2 is 1.86 bits per heavy atom. The lowest BCUT2D eigenvalue weighted by Gasteiger charge is -2.24. The molecule has 0 aliphatic heterocycles. The van der Waals surface area contributed by atoms with Crippen molar-refractivity contribution < 1.29 is 13.6 Å². The highest BCUT2D eigenvalue weighted by Gasteiger charge is 2.16. The van der Waals surface area contributed by atoms with Crippen LogP contribution in [-0.2, 0) is 4.79 Å². The molecule has 1 amide bonds. The minimum absolute atomic E-state index is 0.0330. The fourth-order valence-corrected chi connectivity index (χ4v) is 3.57. The van der Waals surface area contributed by atoms with Crippen LogP contribution in [-0.4, -0.2) is 34.4 Å². The predicted molar refractivity (Wildman–Crippen MR) is 141 cm³/mol. The molecule has 0 saturated carbocycles. The Labute approximate surface area is 206 Å². The SMILES string of the molecule is C=C(F)/C=C\C=C(\F)C/C=C\c1c(NC=O)nc(C)nc1-c1cc(C(=C)N(CC)CC)ccc1C. The molecule has 0 unspecified atom stereocenters. The number of carbonyl (C=O) groups excluding carboxylic acids is 1. The Bertz CT molecular complexity index is 1180. The van der Waals surface area contributed by atoms with Crippen LogP contribution in [0.25, 0.3) is 23.0 Å². The smallest absolute Gasteiger partial charge is 0.212 e. The summed E-state index contributed by atoms with van der Waals surface area (Å²) in [6, 6.07) is 6.05. The Balaban J connectivity index is 2.57. The first kappa shape index (κ1) is 27.4. The van der Waals surface area contributed by atoms with Crippen LogP contribution in [0.5, 0.6) is 0 Å². The molecule has 0 atom stereocenters. The maximum atomic E-state index is 14.1. The lowest BCUT2D eigenvalue weighted by molar-refractivity contribution is -0.105. The maximum absolute atomic E-state index is 14.1. The molecule has 7 heteroatoms. The molecule has 0 spiro atoms. The van der Waals surface area contributed by atoms with E-state index in [1.807, 2.05) is 25.1 Å². The number of anilines is 1. The van der Waals surface area contributed by atoms with Crippen LogP contribution in [0.15, 0.2) is 67.3 Å². The minimum Gasteiger partial charge on any atom is -0.372 e. The van der Waals surface area contributed by atoms with Gasteiger partial charge < -0.3 is 10.2 Å². The first-order valence-electron chi connectivity index (χ1n) is 11.4. The molecule has 0 radical (unpaired) electrons. The van der Waals surface area contributed by atoms with Crippen molar-refractivity contribution in [3.63, 3.8) is 0 Å². The van der Waals surface area contributed by atoms with Gasteiger partial charge in [0.1, 0.15) is 23.3 Å². The fourth-order valence-electron chi connectivity index (χ4n) is 3.57. The van der Waals surface area contributed by atoms with Crippen molar-refractivity contribution in [3.8, 4) is 11.3 Å². The second-order valence-electron chi connectivity index (χ2n) is 7.82. The molecule has 1 aromatic carbocycles. The lowest BCUT2D eigenvalue weighted by atomic mass is 9.97. The topological polar surface area (TPSA) is 58.1 Å². The molecule has 0 aliphatic carbocycles. The number of benzene rings is 1. The maximum Gasteiger partial charge on any atom is 0.212 e. The quantitative estimate of drug-likeness (QED) is 0.265. The van der Waals surface area contributed by atoms with E-state index >= 15 is 0 Å². The molecule has 35 heavy (non-hydrogen) atoms. The van der Waals surface area contributed by atoms with Gasteiger partial charge in [0, 0.05) is 36.3 Å². The second kappa shape index (κ2) is 13.1. The summed E-state index contributed by atoms with van der Waals surface area (Å²) in [4.78, 5) is 22.5. The van der Waals surface area contributed by atoms with Crippen molar-refractivity contribution in [2.45, 2.75) is 34.1 Å². The van der Waals surface area contributed by atoms with E-state index in [4.69, 9.17) is 0 Å². The van der Waals surface area contributed by atoms with Gasteiger partial charge in [-0.05, 0) is 57.0 Å². The van der Waals surface area contributed by atoms with Crippen LogP contribution in [0, 0.1) is 13.8 Å². The molecular formula is C28H32F2N4O. The van der Waals surface area contributed by atoms with Crippen LogP contribution in [0.4, 0.5) is 14.6 Å². The molecule has 0 bridgehead atoms. The highest BCUT2D eigenvalue weighted by atomic mass is 19.1. The van der Waals surface area contributed by atoms with E-state index in [1.165, 1.54) is 12.2 Å². The minimum atomic E-state index is -0.656. The number of halogens is 2. The number of hydrogen-bond donors (Lipinski definition) is 1. The van der Waals surface area contributed by atoms with Gasteiger partial charge in [0.05, 0.1) is 5.69 Å². The summed E-state index contributed by atoms with van der Waals surface area (Å²) in [5.41, 5.74) is 4.87. The number of carbonyl (C=O) groups is 1. The summed E-state index contributed by atoms with van der Waals surface area (Å²) in [7, 11) is 0. The van der Waals surface area contributed by atoms with E-state index in [9.17, 15) is 13.6 Å². The van der Waals surface area contributed by atoms with Crippen molar-refractivity contribution in [1.82, 2.24) is 14.9 Å². The number of allylic oxidation sites excluding steroid dienone is 6. The van der Waals surface area contributed by atoms with Gasteiger partial charge >= 0.3 is 0 Å². The highest BCUT2D eigenvalue weighted by molar-refractivity contribution is 5.85. The zero-order valence-corrected chi connectivity index (χ0v) is 20.7. The van der Waals surface area contributed by atoms with E-state index in [0.717, 1.165) is 41.6 Å². The summed E-state index contributed by atoms with van der Waals surface area (Å²) in [6.07, 6.45) is 7.28. The molecular weight excluding hydrogens is 446 g/mol. The molecule has 2 aromatic rings. The van der Waals surface area contributed by atoms with Crippen molar-refractivity contribution in [1.29, 1.82) is 0 Å². The van der Waals surface area contributed by atoms with E-state index in [2.05, 4.69) is 47.2 Å². The van der Waals surface area contributed by atoms with Crippen LogP contribution in [0.3, 0.4) is 0 Å². The summed E-state index contributed by atoms with van der Waals surface area (Å²) in [6.45, 7) is 16.9. The van der Waals surface area contributed by atoms with Gasteiger partial charge in [-0.2, -0.15) is 0 Å². The number of amides is 1. The zero-order chi connectivity index (χ0) is 26.0. The van der Waals surface area contributed by atoms with Gasteiger partial charge in [-0.1, -0.05) is 43.5 Å². The molecule has 5 nitrogen and oxygen atoms in total. The standard InChI is InChI=1S/C28H32F2N4O/c1-7-34(8-2)21(5)23-16-15-19(3)26(17-23)27-25(28(31-18-35)33-22(6)32-27)14-10-13-24(30)12-9-11-20(4)29/h9-12,14-18H,4-5,7-8,13H2,1-3,6H3,(H,31,32,33,35)/b11-9-,14-10-,24-12+. The average Bonchev–Trinajstić information content (AvgIpc) is 2.81.